The first-order chi connectivity index (χ1) is 12.4. The largest absolute Gasteiger partial charge is 0.518 e. The van der Waals surface area contributed by atoms with Gasteiger partial charge < -0.3 is 28.3 Å². The van der Waals surface area contributed by atoms with Gasteiger partial charge in [0.15, 0.2) is 0 Å². The van der Waals surface area contributed by atoms with E-state index in [9.17, 15) is 4.79 Å². The molecule has 0 bridgehead atoms. The first-order valence-electron chi connectivity index (χ1n) is 9.42. The molecular weight excluding hydrogens is 349 g/mol. The SMILES string of the molecule is CC(C)(C)OC(=O)N1CCN(c2nc(B3OC(C)(C)C(C)(C)O3)co2)CC1. The van der Waals surface area contributed by atoms with Crippen LogP contribution in [0.5, 0.6) is 0 Å². The van der Waals surface area contributed by atoms with Gasteiger partial charge in [0, 0.05) is 26.2 Å². The van der Waals surface area contributed by atoms with Crippen LogP contribution in [-0.4, -0.2) is 66.1 Å². The van der Waals surface area contributed by atoms with E-state index in [1.54, 1.807) is 11.2 Å². The molecule has 0 aliphatic carbocycles. The number of oxazole rings is 1. The molecule has 0 unspecified atom stereocenters. The standard InChI is InChI=1S/C18H30BN3O5/c1-16(2,3)25-15(23)22-10-8-21(9-11-22)14-20-13(12-24-14)19-26-17(4,5)18(6,7)27-19/h12H,8-11H2,1-7H3. The Morgan fingerprint density at radius 2 is 1.67 bits per heavy atom. The van der Waals surface area contributed by atoms with Crippen molar-refractivity contribution in [1.82, 2.24) is 9.88 Å². The number of carbonyl (C=O) groups excluding carboxylic acids is 1. The Morgan fingerprint density at radius 3 is 2.19 bits per heavy atom. The predicted molar refractivity (Wildman–Crippen MR) is 102 cm³/mol. The van der Waals surface area contributed by atoms with Crippen LogP contribution in [0.1, 0.15) is 48.5 Å². The van der Waals surface area contributed by atoms with Gasteiger partial charge in [0.1, 0.15) is 17.5 Å². The quantitative estimate of drug-likeness (QED) is 0.728. The Balaban J connectivity index is 1.58. The Morgan fingerprint density at radius 1 is 1.11 bits per heavy atom. The molecule has 3 rings (SSSR count). The topological polar surface area (TPSA) is 77.3 Å². The third kappa shape index (κ3) is 4.24. The first kappa shape index (κ1) is 20.0. The molecule has 0 atom stereocenters. The second kappa shape index (κ2) is 6.70. The summed E-state index contributed by atoms with van der Waals surface area (Å²) in [6.07, 6.45) is 1.30. The first-order valence-corrected chi connectivity index (χ1v) is 9.42. The average Bonchev–Trinajstić information content (AvgIpc) is 3.09. The molecule has 2 aliphatic heterocycles. The number of hydrogen-bond donors (Lipinski definition) is 0. The lowest BCUT2D eigenvalue weighted by Gasteiger charge is -2.34. The summed E-state index contributed by atoms with van der Waals surface area (Å²) < 4.78 is 23.1. The third-order valence-corrected chi connectivity index (χ3v) is 5.21. The average molecular weight is 379 g/mol. The van der Waals surface area contributed by atoms with Gasteiger partial charge in [-0.1, -0.05) is 0 Å². The molecule has 1 amide bonds. The molecule has 0 aromatic carbocycles. The maximum Gasteiger partial charge on any atom is 0.518 e. The van der Waals surface area contributed by atoms with Crippen LogP contribution in [0.15, 0.2) is 10.7 Å². The zero-order valence-corrected chi connectivity index (χ0v) is 17.4. The van der Waals surface area contributed by atoms with Crippen LogP contribution in [0.4, 0.5) is 10.8 Å². The minimum Gasteiger partial charge on any atom is -0.444 e. The summed E-state index contributed by atoms with van der Waals surface area (Å²) >= 11 is 0. The lowest BCUT2D eigenvalue weighted by atomic mass is 9.86. The van der Waals surface area contributed by atoms with E-state index >= 15 is 0 Å². The van der Waals surface area contributed by atoms with E-state index < -0.39 is 23.9 Å². The monoisotopic (exact) mass is 379 g/mol. The fraction of sp³-hybridized carbons (Fsp3) is 0.778. The van der Waals surface area contributed by atoms with Crippen LogP contribution >= 0.6 is 0 Å². The molecule has 2 saturated heterocycles. The van der Waals surface area contributed by atoms with Crippen LogP contribution < -0.4 is 10.5 Å². The van der Waals surface area contributed by atoms with Gasteiger partial charge in [-0.05, 0) is 48.5 Å². The molecular formula is C18H30BN3O5. The predicted octanol–water partition coefficient (Wildman–Crippen LogP) is 2.03. The number of aromatic nitrogens is 1. The van der Waals surface area contributed by atoms with E-state index in [0.717, 1.165) is 0 Å². The van der Waals surface area contributed by atoms with Crippen LogP contribution in [0.3, 0.4) is 0 Å². The lowest BCUT2D eigenvalue weighted by molar-refractivity contribution is 0.00578. The van der Waals surface area contributed by atoms with E-state index in [0.29, 0.717) is 37.8 Å². The van der Waals surface area contributed by atoms with Crippen LogP contribution in [-0.2, 0) is 14.0 Å². The zero-order chi connectivity index (χ0) is 20.0. The van der Waals surface area contributed by atoms with Crippen molar-refractivity contribution in [3.63, 3.8) is 0 Å². The van der Waals surface area contributed by atoms with Gasteiger partial charge in [-0.2, -0.15) is 0 Å². The highest BCUT2D eigenvalue weighted by Gasteiger charge is 2.53. The molecule has 2 fully saturated rings. The Kier molecular flexibility index (Phi) is 4.97. The highest BCUT2D eigenvalue weighted by molar-refractivity contribution is 6.61. The number of hydrogen-bond acceptors (Lipinski definition) is 7. The van der Waals surface area contributed by atoms with E-state index in [1.165, 1.54) is 0 Å². The summed E-state index contributed by atoms with van der Waals surface area (Å²) in [6.45, 7) is 16.0. The van der Waals surface area contributed by atoms with Crippen LogP contribution in [0.2, 0.25) is 0 Å². The minimum atomic E-state index is -0.546. The summed E-state index contributed by atoms with van der Waals surface area (Å²) in [4.78, 5) is 20.4. The molecule has 27 heavy (non-hydrogen) atoms. The van der Waals surface area contributed by atoms with Crippen molar-refractivity contribution >= 4 is 24.8 Å². The fourth-order valence-corrected chi connectivity index (χ4v) is 2.90. The summed E-state index contributed by atoms with van der Waals surface area (Å²) in [6, 6.07) is 0.517. The number of carbonyl (C=O) groups is 1. The van der Waals surface area contributed by atoms with Gasteiger partial charge in [0.05, 0.1) is 11.2 Å². The number of nitrogens with zero attached hydrogens (tertiary/aromatic N) is 3. The number of rotatable bonds is 2. The highest BCUT2D eigenvalue weighted by atomic mass is 16.7. The molecule has 8 nitrogen and oxygen atoms in total. The molecule has 9 heteroatoms. The Bertz CT molecular complexity index is 673. The lowest BCUT2D eigenvalue weighted by Crippen LogP contribution is -2.50. The molecule has 0 N–H and O–H groups in total. The van der Waals surface area contributed by atoms with Crippen molar-refractivity contribution in [3.8, 4) is 0 Å². The van der Waals surface area contributed by atoms with Crippen molar-refractivity contribution in [2.75, 3.05) is 31.1 Å². The van der Waals surface area contributed by atoms with Crippen molar-refractivity contribution in [2.45, 2.75) is 65.3 Å². The van der Waals surface area contributed by atoms with Gasteiger partial charge in [-0.15, -0.1) is 0 Å². The van der Waals surface area contributed by atoms with Crippen LogP contribution in [0.25, 0.3) is 0 Å². The van der Waals surface area contributed by atoms with Gasteiger partial charge in [0.2, 0.25) is 0 Å². The van der Waals surface area contributed by atoms with E-state index in [1.807, 2.05) is 53.4 Å². The molecule has 1 aromatic heterocycles. The van der Waals surface area contributed by atoms with Crippen molar-refractivity contribution in [2.24, 2.45) is 0 Å². The van der Waals surface area contributed by atoms with Gasteiger partial charge in [0.25, 0.3) is 6.01 Å². The third-order valence-electron chi connectivity index (χ3n) is 5.21. The maximum atomic E-state index is 12.2. The van der Waals surface area contributed by atoms with Crippen molar-refractivity contribution < 1.29 is 23.3 Å². The maximum absolute atomic E-state index is 12.2. The number of ether oxygens (including phenoxy) is 1. The summed E-state index contributed by atoms with van der Waals surface area (Å²) in [7, 11) is -0.546. The van der Waals surface area contributed by atoms with Gasteiger partial charge >= 0.3 is 13.2 Å². The number of amides is 1. The molecule has 0 saturated carbocycles. The number of anilines is 1. The Labute approximate surface area is 161 Å². The van der Waals surface area contributed by atoms with E-state index in [-0.39, 0.29) is 6.09 Å². The van der Waals surface area contributed by atoms with Gasteiger partial charge in [-0.3, -0.25) is 0 Å². The molecule has 2 aliphatic rings. The molecule has 0 radical (unpaired) electrons. The van der Waals surface area contributed by atoms with E-state index in [2.05, 4.69) is 4.98 Å². The Hall–Kier alpha value is -1.74. The fourth-order valence-electron chi connectivity index (χ4n) is 2.90. The zero-order valence-electron chi connectivity index (χ0n) is 17.4. The summed E-state index contributed by atoms with van der Waals surface area (Å²) in [5.41, 5.74) is -0.710. The van der Waals surface area contributed by atoms with Gasteiger partial charge in [-0.25, -0.2) is 9.78 Å². The minimum absolute atomic E-state index is 0.285. The molecule has 3 heterocycles. The molecule has 0 spiro atoms. The van der Waals surface area contributed by atoms with E-state index in [4.69, 9.17) is 18.5 Å². The molecule has 1 aromatic rings. The van der Waals surface area contributed by atoms with Crippen molar-refractivity contribution in [3.05, 3.63) is 6.26 Å². The normalized spacial score (nSPS) is 22.3. The smallest absolute Gasteiger partial charge is 0.444 e. The summed E-state index contributed by atoms with van der Waals surface area (Å²) in [5, 5.41) is 0. The number of piperazine rings is 1. The summed E-state index contributed by atoms with van der Waals surface area (Å²) in [5.74, 6) is 0. The van der Waals surface area contributed by atoms with Crippen LogP contribution in [0, 0.1) is 0 Å². The second-order valence-electron chi connectivity index (χ2n) is 9.10. The van der Waals surface area contributed by atoms with Crippen molar-refractivity contribution in [1.29, 1.82) is 0 Å². The highest BCUT2D eigenvalue weighted by Crippen LogP contribution is 2.36. The second-order valence-corrected chi connectivity index (χ2v) is 9.10. The molecule has 150 valence electrons.